The fourth-order valence-corrected chi connectivity index (χ4v) is 3.63. The van der Waals surface area contributed by atoms with E-state index in [1.165, 1.54) is 0 Å². The van der Waals surface area contributed by atoms with Gasteiger partial charge >= 0.3 is 0 Å². The van der Waals surface area contributed by atoms with Crippen molar-refractivity contribution >= 4 is 22.8 Å². The van der Waals surface area contributed by atoms with E-state index in [4.69, 9.17) is 10.5 Å². The number of benzene rings is 1. The fraction of sp³-hybridized carbons (Fsp3) is 0.300. The molecule has 12 nitrogen and oxygen atoms in total. The molecule has 3 aromatic heterocycles. The van der Waals surface area contributed by atoms with Gasteiger partial charge in [0.2, 0.25) is 11.9 Å². The van der Waals surface area contributed by atoms with Crippen LogP contribution in [0.15, 0.2) is 36.7 Å². The van der Waals surface area contributed by atoms with Gasteiger partial charge in [-0.2, -0.15) is 5.10 Å². The van der Waals surface area contributed by atoms with E-state index in [1.54, 1.807) is 39.8 Å². The highest BCUT2D eigenvalue weighted by Crippen LogP contribution is 2.30. The monoisotopic (exact) mass is 435 g/mol. The minimum atomic E-state index is -0.419. The van der Waals surface area contributed by atoms with Crippen molar-refractivity contribution in [2.75, 3.05) is 25.9 Å². The number of aliphatic hydroxyl groups is 1. The molecule has 0 atom stereocenters. The number of fused-ring (bicyclic) bond motifs is 1. The van der Waals surface area contributed by atoms with Crippen molar-refractivity contribution in [1.29, 1.82) is 0 Å². The predicted molar refractivity (Wildman–Crippen MR) is 113 cm³/mol. The number of hydrogen-bond donors (Lipinski definition) is 2. The topological polar surface area (TPSA) is 150 Å². The highest BCUT2D eigenvalue weighted by Gasteiger charge is 2.28. The molecule has 0 aliphatic carbocycles. The molecule has 1 amide bonds. The van der Waals surface area contributed by atoms with E-state index in [9.17, 15) is 9.90 Å². The summed E-state index contributed by atoms with van der Waals surface area (Å²) in [4.78, 5) is 22.4. The number of aromatic nitrogens is 7. The number of amides is 1. The lowest BCUT2D eigenvalue weighted by Gasteiger charge is -2.35. The molecule has 3 N–H and O–H groups in total. The van der Waals surface area contributed by atoms with E-state index in [2.05, 4.69) is 25.4 Å². The van der Waals surface area contributed by atoms with Crippen molar-refractivity contribution < 1.29 is 14.6 Å². The predicted octanol–water partition coefficient (Wildman–Crippen LogP) is -0.0730. The lowest BCUT2D eigenvalue weighted by Crippen LogP contribution is -2.54. The summed E-state index contributed by atoms with van der Waals surface area (Å²) < 4.78 is 8.59. The first kappa shape index (κ1) is 19.9. The third kappa shape index (κ3) is 3.71. The summed E-state index contributed by atoms with van der Waals surface area (Å²) in [5.41, 5.74) is 8.35. The molecule has 32 heavy (non-hydrogen) atoms. The van der Waals surface area contributed by atoms with Crippen molar-refractivity contribution in [1.82, 2.24) is 39.6 Å². The van der Waals surface area contributed by atoms with Crippen LogP contribution in [0.4, 0.5) is 5.95 Å². The molecule has 12 heteroatoms. The van der Waals surface area contributed by atoms with E-state index in [0.29, 0.717) is 42.3 Å². The maximum Gasteiger partial charge on any atom is 0.244 e. The Morgan fingerprint density at radius 2 is 2.09 bits per heavy atom. The van der Waals surface area contributed by atoms with Gasteiger partial charge in [-0.1, -0.05) is 17.3 Å². The molecule has 0 bridgehead atoms. The number of ether oxygens (including phenoxy) is 1. The quantitative estimate of drug-likeness (QED) is 0.424. The average molecular weight is 435 g/mol. The summed E-state index contributed by atoms with van der Waals surface area (Å²) in [6.07, 6.45) is 3.08. The smallest absolute Gasteiger partial charge is 0.244 e. The van der Waals surface area contributed by atoms with Crippen molar-refractivity contribution in [2.45, 2.75) is 19.2 Å². The molecular weight excluding hydrogens is 414 g/mol. The van der Waals surface area contributed by atoms with Gasteiger partial charge in [0.05, 0.1) is 31.6 Å². The molecule has 4 heterocycles. The van der Waals surface area contributed by atoms with Crippen molar-refractivity contribution in [3.63, 3.8) is 0 Å². The normalized spacial score (nSPS) is 14.0. The van der Waals surface area contributed by atoms with Crippen molar-refractivity contribution in [3.05, 3.63) is 42.4 Å². The largest absolute Gasteiger partial charge is 0.494 e. The maximum absolute atomic E-state index is 12.1. The van der Waals surface area contributed by atoms with Crippen LogP contribution in [-0.4, -0.2) is 77.0 Å². The SMILES string of the molecule is COc1cccc2c(-c3cn(Cc4ccn(CC(=O)N5CC(O)C5)n4)nn3)nc(N)nc12. The molecule has 1 aliphatic rings. The van der Waals surface area contributed by atoms with Crippen LogP contribution in [0.3, 0.4) is 0 Å². The van der Waals surface area contributed by atoms with Crippen LogP contribution in [-0.2, 0) is 17.9 Å². The highest BCUT2D eigenvalue weighted by molar-refractivity contribution is 5.95. The van der Waals surface area contributed by atoms with Crippen LogP contribution in [0.5, 0.6) is 5.75 Å². The maximum atomic E-state index is 12.1. The molecule has 164 valence electrons. The lowest BCUT2D eigenvalue weighted by atomic mass is 10.1. The minimum absolute atomic E-state index is 0.0725. The number of aliphatic hydroxyl groups excluding tert-OH is 1. The number of nitrogens with zero attached hydrogens (tertiary/aromatic N) is 8. The number of likely N-dealkylation sites (tertiary alicyclic amines) is 1. The number of para-hydroxylation sites is 1. The van der Waals surface area contributed by atoms with Gasteiger partial charge in [0, 0.05) is 24.7 Å². The Morgan fingerprint density at radius 3 is 2.88 bits per heavy atom. The first-order valence-corrected chi connectivity index (χ1v) is 9.99. The number of carbonyl (C=O) groups excluding carboxylic acids is 1. The van der Waals surface area contributed by atoms with E-state index in [0.717, 1.165) is 11.1 Å². The second-order valence-electron chi connectivity index (χ2n) is 7.55. The van der Waals surface area contributed by atoms with E-state index >= 15 is 0 Å². The van der Waals surface area contributed by atoms with Gasteiger partial charge in [-0.05, 0) is 12.1 Å². The number of hydrogen-bond acceptors (Lipinski definition) is 9. The summed E-state index contributed by atoms with van der Waals surface area (Å²) in [5.74, 6) is 0.638. The average Bonchev–Trinajstić information content (AvgIpc) is 3.40. The molecular formula is C20H21N9O3. The Hall–Kier alpha value is -4.06. The van der Waals surface area contributed by atoms with Gasteiger partial charge in [0.1, 0.15) is 29.2 Å². The van der Waals surface area contributed by atoms with E-state index < -0.39 is 6.10 Å². The Bertz CT molecular complexity index is 1290. The summed E-state index contributed by atoms with van der Waals surface area (Å²) in [7, 11) is 1.57. The third-order valence-corrected chi connectivity index (χ3v) is 5.24. The Labute approximate surface area is 182 Å². The number of anilines is 1. The highest BCUT2D eigenvalue weighted by atomic mass is 16.5. The first-order valence-electron chi connectivity index (χ1n) is 9.99. The number of nitrogen functional groups attached to an aromatic ring is 1. The van der Waals surface area contributed by atoms with Crippen LogP contribution in [0.1, 0.15) is 5.69 Å². The summed E-state index contributed by atoms with van der Waals surface area (Å²) in [6, 6.07) is 7.36. The zero-order chi connectivity index (χ0) is 22.2. The van der Waals surface area contributed by atoms with Gasteiger partial charge in [0.25, 0.3) is 0 Å². The Kier molecular flexibility index (Phi) is 4.90. The molecule has 0 radical (unpaired) electrons. The van der Waals surface area contributed by atoms with Gasteiger partial charge < -0.3 is 20.5 Å². The van der Waals surface area contributed by atoms with Crippen LogP contribution in [0, 0.1) is 0 Å². The second kappa shape index (κ2) is 7.89. The number of methoxy groups -OCH3 is 1. The van der Waals surface area contributed by atoms with Gasteiger partial charge in [-0.25, -0.2) is 14.6 Å². The van der Waals surface area contributed by atoms with E-state index in [1.807, 2.05) is 18.2 Å². The number of nitrogens with two attached hydrogens (primary N) is 1. The van der Waals surface area contributed by atoms with Crippen LogP contribution < -0.4 is 10.5 Å². The zero-order valence-electron chi connectivity index (χ0n) is 17.3. The Balaban J connectivity index is 1.34. The molecule has 0 unspecified atom stereocenters. The van der Waals surface area contributed by atoms with Gasteiger partial charge in [0.15, 0.2) is 0 Å². The number of β-amino-alcohol motifs (C(OH)–C–C–N with tert-alkyl or cyclic N) is 1. The molecule has 1 fully saturated rings. The number of rotatable bonds is 6. The molecule has 4 aromatic rings. The standard InChI is InChI=1S/C20H21N9O3/c1-32-16-4-2-3-14-18(22-20(21)23-19(14)16)15-10-29(26-24-15)7-12-5-6-28(25-12)11-17(31)27-8-13(30)9-27/h2-6,10,13,30H,7-9,11H2,1H3,(H2,21,22,23). The van der Waals surface area contributed by atoms with Crippen molar-refractivity contribution in [3.8, 4) is 17.1 Å². The van der Waals surface area contributed by atoms with Crippen LogP contribution in [0.2, 0.25) is 0 Å². The molecule has 5 rings (SSSR count). The summed E-state index contributed by atoms with van der Waals surface area (Å²) in [5, 5.41) is 22.9. The first-order chi connectivity index (χ1) is 15.5. The number of carbonyl (C=O) groups is 1. The molecule has 1 aromatic carbocycles. The molecule has 1 aliphatic heterocycles. The summed E-state index contributed by atoms with van der Waals surface area (Å²) in [6.45, 7) is 1.26. The van der Waals surface area contributed by atoms with Crippen LogP contribution >= 0.6 is 0 Å². The second-order valence-corrected chi connectivity index (χ2v) is 7.55. The summed E-state index contributed by atoms with van der Waals surface area (Å²) >= 11 is 0. The molecule has 0 saturated carbocycles. The molecule has 1 saturated heterocycles. The third-order valence-electron chi connectivity index (χ3n) is 5.24. The van der Waals surface area contributed by atoms with Crippen LogP contribution in [0.25, 0.3) is 22.3 Å². The lowest BCUT2D eigenvalue weighted by molar-refractivity contribution is -0.142. The van der Waals surface area contributed by atoms with E-state index in [-0.39, 0.29) is 18.4 Å². The fourth-order valence-electron chi connectivity index (χ4n) is 3.63. The Morgan fingerprint density at radius 1 is 1.25 bits per heavy atom. The zero-order valence-corrected chi connectivity index (χ0v) is 17.3. The molecule has 0 spiro atoms. The minimum Gasteiger partial charge on any atom is -0.494 e. The van der Waals surface area contributed by atoms with Crippen molar-refractivity contribution in [2.24, 2.45) is 0 Å². The van der Waals surface area contributed by atoms with Gasteiger partial charge in [-0.15, -0.1) is 5.10 Å². The van der Waals surface area contributed by atoms with Gasteiger partial charge in [-0.3, -0.25) is 9.48 Å².